The minimum atomic E-state index is 0.278. The van der Waals surface area contributed by atoms with Gasteiger partial charge in [-0.15, -0.1) is 5.10 Å². The Morgan fingerprint density at radius 2 is 1.74 bits per heavy atom. The molecule has 3 aromatic carbocycles. The lowest BCUT2D eigenvalue weighted by Gasteiger charge is -2.12. The van der Waals surface area contributed by atoms with E-state index < -0.39 is 0 Å². The predicted molar refractivity (Wildman–Crippen MR) is 114 cm³/mol. The van der Waals surface area contributed by atoms with E-state index in [2.05, 4.69) is 27.8 Å². The molecule has 6 N–H and O–H groups in total. The second-order valence-electron chi connectivity index (χ2n) is 5.77. The van der Waals surface area contributed by atoms with Gasteiger partial charge in [0.25, 0.3) is 0 Å². The molecule has 0 saturated heterocycles. The van der Waals surface area contributed by atoms with Crippen LogP contribution in [-0.2, 0) is 0 Å². The number of nitrogens with two attached hydrogens (primary N) is 2. The normalized spacial score (nSPS) is 11.1. The number of hydrogen-bond donors (Lipinski definition) is 4. The maximum absolute atomic E-state index is 6.10. The molecule has 136 valence electrons. The van der Waals surface area contributed by atoms with Crippen LogP contribution in [0.3, 0.4) is 0 Å². The lowest BCUT2D eigenvalue weighted by molar-refractivity contribution is 0.814. The van der Waals surface area contributed by atoms with Crippen LogP contribution in [0.25, 0.3) is 11.1 Å². The molecule has 7 heteroatoms. The van der Waals surface area contributed by atoms with Crippen LogP contribution in [0.2, 0.25) is 5.02 Å². The number of nitrogen functional groups attached to an aromatic ring is 1. The van der Waals surface area contributed by atoms with Gasteiger partial charge in [-0.1, -0.05) is 35.9 Å². The second-order valence-corrected chi connectivity index (χ2v) is 6.21. The molecule has 0 radical (unpaired) electrons. The van der Waals surface area contributed by atoms with Crippen molar-refractivity contribution in [1.29, 1.82) is 0 Å². The van der Waals surface area contributed by atoms with E-state index in [1.807, 2.05) is 54.6 Å². The lowest BCUT2D eigenvalue weighted by Crippen LogP contribution is -2.17. The van der Waals surface area contributed by atoms with E-state index >= 15 is 0 Å². The van der Waals surface area contributed by atoms with E-state index in [-0.39, 0.29) is 5.84 Å². The molecular formula is C20H19ClN6. The fraction of sp³-hybridized carbons (Fsp3) is 0. The van der Waals surface area contributed by atoms with Gasteiger partial charge >= 0.3 is 0 Å². The Morgan fingerprint density at radius 3 is 2.48 bits per heavy atom. The molecule has 0 heterocycles. The summed E-state index contributed by atoms with van der Waals surface area (Å²) in [6, 6.07) is 21.1. The molecule has 3 rings (SSSR count). The van der Waals surface area contributed by atoms with Gasteiger partial charge in [-0.25, -0.2) is 0 Å². The summed E-state index contributed by atoms with van der Waals surface area (Å²) in [5.41, 5.74) is 19.5. The molecule has 27 heavy (non-hydrogen) atoms. The van der Waals surface area contributed by atoms with Crippen LogP contribution in [0.4, 0.5) is 17.1 Å². The summed E-state index contributed by atoms with van der Waals surface area (Å²) in [5.74, 6) is 0.278. The first-order chi connectivity index (χ1) is 13.1. The smallest absolute Gasteiger partial charge is 0.152 e. The van der Waals surface area contributed by atoms with E-state index in [1.165, 1.54) is 0 Å². The predicted octanol–water partition coefficient (Wildman–Crippen LogP) is 4.16. The Labute approximate surface area is 162 Å². The quantitative estimate of drug-likeness (QED) is 0.224. The van der Waals surface area contributed by atoms with E-state index in [0.717, 1.165) is 22.5 Å². The third-order valence-corrected chi connectivity index (χ3v) is 4.16. The topological polar surface area (TPSA) is 101 Å². The minimum Gasteiger partial charge on any atom is -0.397 e. The summed E-state index contributed by atoms with van der Waals surface area (Å²) in [4.78, 5) is 0. The molecule has 0 atom stereocenters. The highest BCUT2D eigenvalue weighted by Crippen LogP contribution is 2.28. The molecule has 0 aliphatic carbocycles. The van der Waals surface area contributed by atoms with Crippen molar-refractivity contribution in [1.82, 2.24) is 5.53 Å². The van der Waals surface area contributed by atoms with E-state index in [0.29, 0.717) is 16.3 Å². The highest BCUT2D eigenvalue weighted by atomic mass is 35.5. The fourth-order valence-electron chi connectivity index (χ4n) is 2.55. The first-order valence-corrected chi connectivity index (χ1v) is 8.51. The van der Waals surface area contributed by atoms with Crippen LogP contribution in [0, 0.1) is 0 Å². The summed E-state index contributed by atoms with van der Waals surface area (Å²) in [5, 5.41) is 11.4. The molecule has 0 aliphatic heterocycles. The van der Waals surface area contributed by atoms with Gasteiger partial charge in [-0.3, -0.25) is 0 Å². The molecule has 0 bridgehead atoms. The number of halogens is 1. The Balaban J connectivity index is 1.88. The van der Waals surface area contributed by atoms with Gasteiger partial charge in [0.2, 0.25) is 0 Å². The van der Waals surface area contributed by atoms with Crippen LogP contribution in [-0.4, -0.2) is 12.6 Å². The minimum absolute atomic E-state index is 0.278. The van der Waals surface area contributed by atoms with Crippen molar-refractivity contribution in [2.45, 2.75) is 0 Å². The summed E-state index contributed by atoms with van der Waals surface area (Å²) in [6.45, 7) is 3.29. The lowest BCUT2D eigenvalue weighted by atomic mass is 10.0. The zero-order valence-electron chi connectivity index (χ0n) is 14.5. The van der Waals surface area contributed by atoms with Crippen molar-refractivity contribution in [3.63, 3.8) is 0 Å². The summed E-state index contributed by atoms with van der Waals surface area (Å²) in [6.07, 6.45) is 0. The molecule has 0 aliphatic rings. The number of nitrogens with zero attached hydrogens (tertiary/aromatic N) is 2. The molecule has 6 nitrogen and oxygen atoms in total. The first kappa shape index (κ1) is 18.3. The van der Waals surface area contributed by atoms with Crippen molar-refractivity contribution in [2.75, 3.05) is 11.1 Å². The van der Waals surface area contributed by atoms with Gasteiger partial charge in [0, 0.05) is 23.0 Å². The Bertz CT molecular complexity index is 982. The van der Waals surface area contributed by atoms with E-state index in [1.54, 1.807) is 12.1 Å². The molecule has 0 spiro atoms. The monoisotopic (exact) mass is 378 g/mol. The number of hydrazone groups is 2. The molecule has 0 fully saturated rings. The van der Waals surface area contributed by atoms with Gasteiger partial charge in [0.05, 0.1) is 11.4 Å². The van der Waals surface area contributed by atoms with Crippen molar-refractivity contribution in [3.8, 4) is 11.1 Å². The second kappa shape index (κ2) is 8.25. The van der Waals surface area contributed by atoms with Crippen LogP contribution in [0.15, 0.2) is 76.9 Å². The van der Waals surface area contributed by atoms with Gasteiger partial charge in [0.1, 0.15) is 0 Å². The maximum atomic E-state index is 6.10. The number of hydrogen-bond acceptors (Lipinski definition) is 5. The molecule has 0 saturated carbocycles. The Hall–Kier alpha value is -3.51. The van der Waals surface area contributed by atoms with Crippen LogP contribution in [0.5, 0.6) is 0 Å². The van der Waals surface area contributed by atoms with Crippen LogP contribution < -0.4 is 22.3 Å². The van der Waals surface area contributed by atoms with Crippen LogP contribution >= 0.6 is 11.6 Å². The molecule has 0 amide bonds. The van der Waals surface area contributed by atoms with Gasteiger partial charge in [0.15, 0.2) is 5.84 Å². The van der Waals surface area contributed by atoms with Gasteiger partial charge < -0.3 is 16.8 Å². The molecule has 0 aromatic heterocycles. The van der Waals surface area contributed by atoms with Crippen molar-refractivity contribution >= 4 is 41.2 Å². The van der Waals surface area contributed by atoms with Gasteiger partial charge in [-0.2, -0.15) is 10.6 Å². The van der Waals surface area contributed by atoms with Crippen LogP contribution in [0.1, 0.15) is 5.56 Å². The number of amidine groups is 1. The SMILES string of the molecule is C=NN/N=C(\N)c1ccc(N)c(Nc2cccc(-c3ccc(Cl)cc3)c2)c1. The summed E-state index contributed by atoms with van der Waals surface area (Å²) in [7, 11) is 0. The zero-order valence-corrected chi connectivity index (χ0v) is 15.2. The fourth-order valence-corrected chi connectivity index (χ4v) is 2.68. The highest BCUT2D eigenvalue weighted by molar-refractivity contribution is 6.30. The Morgan fingerprint density at radius 1 is 0.963 bits per heavy atom. The summed E-state index contributed by atoms with van der Waals surface area (Å²) >= 11 is 5.97. The maximum Gasteiger partial charge on any atom is 0.152 e. The molecule has 0 unspecified atom stereocenters. The van der Waals surface area contributed by atoms with Crippen molar-refractivity contribution in [2.24, 2.45) is 15.9 Å². The number of anilines is 3. The van der Waals surface area contributed by atoms with E-state index in [4.69, 9.17) is 23.1 Å². The molecule has 3 aromatic rings. The third kappa shape index (κ3) is 4.56. The first-order valence-electron chi connectivity index (χ1n) is 8.13. The number of nitrogens with one attached hydrogen (secondary N) is 2. The van der Waals surface area contributed by atoms with Gasteiger partial charge in [-0.05, 0) is 53.6 Å². The van der Waals surface area contributed by atoms with E-state index in [9.17, 15) is 0 Å². The third-order valence-electron chi connectivity index (χ3n) is 3.91. The highest BCUT2D eigenvalue weighted by Gasteiger charge is 2.06. The Kier molecular flexibility index (Phi) is 5.58. The molecular weight excluding hydrogens is 360 g/mol. The zero-order chi connectivity index (χ0) is 19.2. The standard InChI is InChI=1S/C20H19ClN6/c1-24-27-26-20(23)15-7-10-18(22)19(12-15)25-17-4-2-3-14(11-17)13-5-8-16(21)9-6-13/h2-12,25,27H,1,22H2,(H2,23,26). The average Bonchev–Trinajstić information content (AvgIpc) is 2.68. The van der Waals surface area contributed by atoms with Crippen molar-refractivity contribution in [3.05, 3.63) is 77.3 Å². The largest absolute Gasteiger partial charge is 0.397 e. The van der Waals surface area contributed by atoms with Crippen molar-refractivity contribution < 1.29 is 0 Å². The number of benzene rings is 3. The average molecular weight is 379 g/mol. The summed E-state index contributed by atoms with van der Waals surface area (Å²) < 4.78 is 0. The number of rotatable bonds is 6.